The Morgan fingerprint density at radius 3 is 2.50 bits per heavy atom. The first-order chi connectivity index (χ1) is 16.0. The van der Waals surface area contributed by atoms with Gasteiger partial charge in [0, 0.05) is 17.4 Å². The minimum atomic E-state index is -1.26. The van der Waals surface area contributed by atoms with E-state index in [-0.39, 0.29) is 5.92 Å². The van der Waals surface area contributed by atoms with Gasteiger partial charge in [-0.15, -0.1) is 0 Å². The maximum atomic E-state index is 13.9. The van der Waals surface area contributed by atoms with E-state index in [0.717, 1.165) is 21.4 Å². The Morgan fingerprint density at radius 2 is 1.88 bits per heavy atom. The molecule has 4 atom stereocenters. The first-order valence-corrected chi connectivity index (χ1v) is 11.8. The summed E-state index contributed by atoms with van der Waals surface area (Å²) in [6, 6.07) is 5.02. The summed E-state index contributed by atoms with van der Waals surface area (Å²) in [5, 5.41) is 13.2. The Bertz CT molecular complexity index is 1170. The number of nitrogens with one attached hydrogen (secondary N) is 2. The number of hydrogen-bond acceptors (Lipinski definition) is 4. The van der Waals surface area contributed by atoms with Crippen molar-refractivity contribution >= 4 is 34.7 Å². The minimum absolute atomic E-state index is 0.308. The SMILES string of the molecule is CCC(C)[C@H](NC(=O)[C@H](C(C)C)N1C(=O)N2CCc3c([nH]c4ccccc34)[C@@]2(C)C1=O)C(=O)O. The summed E-state index contributed by atoms with van der Waals surface area (Å²) in [4.78, 5) is 58.5. The fourth-order valence-corrected chi connectivity index (χ4v) is 5.30. The monoisotopic (exact) mass is 468 g/mol. The van der Waals surface area contributed by atoms with Crippen molar-refractivity contribution in [1.29, 1.82) is 0 Å². The van der Waals surface area contributed by atoms with Gasteiger partial charge < -0.3 is 20.3 Å². The Balaban J connectivity index is 1.73. The van der Waals surface area contributed by atoms with Gasteiger partial charge in [0.25, 0.3) is 5.91 Å². The van der Waals surface area contributed by atoms with Gasteiger partial charge in [-0.2, -0.15) is 0 Å². The molecule has 1 aromatic carbocycles. The van der Waals surface area contributed by atoms with Gasteiger partial charge in [0.2, 0.25) is 5.91 Å². The lowest BCUT2D eigenvalue weighted by Gasteiger charge is -2.36. The number of para-hydroxylation sites is 1. The highest BCUT2D eigenvalue weighted by Crippen LogP contribution is 2.45. The lowest BCUT2D eigenvalue weighted by atomic mass is 9.86. The summed E-state index contributed by atoms with van der Waals surface area (Å²) in [6.07, 6.45) is 1.15. The molecule has 1 fully saturated rings. The standard InChI is InChI=1S/C25H32N4O5/c1-6-14(4)18(22(31)32)27-21(30)19(13(2)3)29-23(33)25(5)20-16(11-12-28(25)24(29)34)15-9-7-8-10-17(15)26-20/h7-10,13-14,18-19,26H,6,11-12H2,1-5H3,(H,27,30)(H,31,32)/t14?,18-,19-,25-/m0/s1. The fraction of sp³-hybridized carbons (Fsp3) is 0.520. The molecule has 2 aliphatic heterocycles. The van der Waals surface area contributed by atoms with E-state index in [4.69, 9.17) is 0 Å². The van der Waals surface area contributed by atoms with E-state index in [1.807, 2.05) is 31.2 Å². The molecular weight excluding hydrogens is 436 g/mol. The second-order valence-corrected chi connectivity index (χ2v) is 9.85. The van der Waals surface area contributed by atoms with E-state index < -0.39 is 47.4 Å². The van der Waals surface area contributed by atoms with Crippen LogP contribution >= 0.6 is 0 Å². The Hall–Kier alpha value is -3.36. The summed E-state index contributed by atoms with van der Waals surface area (Å²) in [5.41, 5.74) is 1.31. The van der Waals surface area contributed by atoms with Crippen molar-refractivity contribution in [2.24, 2.45) is 11.8 Å². The number of carbonyl (C=O) groups is 4. The molecule has 0 bridgehead atoms. The van der Waals surface area contributed by atoms with Crippen molar-refractivity contribution in [3.63, 3.8) is 0 Å². The van der Waals surface area contributed by atoms with Crippen LogP contribution in [0.2, 0.25) is 0 Å². The Kier molecular flexibility index (Phi) is 5.91. The van der Waals surface area contributed by atoms with Crippen molar-refractivity contribution in [2.75, 3.05) is 6.54 Å². The fourth-order valence-electron chi connectivity index (χ4n) is 5.30. The van der Waals surface area contributed by atoms with Crippen molar-refractivity contribution in [1.82, 2.24) is 20.1 Å². The van der Waals surface area contributed by atoms with E-state index in [1.165, 1.54) is 4.90 Å². The molecule has 182 valence electrons. The number of urea groups is 1. The number of amides is 4. The molecule has 0 saturated carbocycles. The molecule has 4 rings (SSSR count). The number of aliphatic carboxylic acids is 1. The minimum Gasteiger partial charge on any atom is -0.480 e. The summed E-state index contributed by atoms with van der Waals surface area (Å²) >= 11 is 0. The Morgan fingerprint density at radius 1 is 1.21 bits per heavy atom. The number of carboxylic acid groups (broad SMARTS) is 1. The van der Waals surface area contributed by atoms with Gasteiger partial charge in [0.1, 0.15) is 12.1 Å². The molecule has 9 nitrogen and oxygen atoms in total. The van der Waals surface area contributed by atoms with Crippen LogP contribution < -0.4 is 5.32 Å². The number of aromatic nitrogens is 1. The molecule has 0 aliphatic carbocycles. The van der Waals surface area contributed by atoms with Crippen LogP contribution in [-0.4, -0.2) is 62.3 Å². The molecule has 4 amide bonds. The highest BCUT2D eigenvalue weighted by atomic mass is 16.4. The summed E-state index contributed by atoms with van der Waals surface area (Å²) in [5.74, 6) is -2.97. The molecule has 34 heavy (non-hydrogen) atoms. The number of H-pyrrole nitrogens is 1. The smallest absolute Gasteiger partial charge is 0.328 e. The highest BCUT2D eigenvalue weighted by Gasteiger charge is 2.61. The van der Waals surface area contributed by atoms with Crippen LogP contribution in [-0.2, 0) is 26.3 Å². The summed E-state index contributed by atoms with van der Waals surface area (Å²) in [7, 11) is 0. The number of nitrogens with zero attached hydrogens (tertiary/aromatic N) is 2. The number of carbonyl (C=O) groups excluding carboxylic acids is 3. The molecular formula is C25H32N4O5. The van der Waals surface area contributed by atoms with E-state index in [9.17, 15) is 24.3 Å². The zero-order valence-electron chi connectivity index (χ0n) is 20.2. The van der Waals surface area contributed by atoms with Crippen LogP contribution in [0.3, 0.4) is 0 Å². The molecule has 1 aromatic heterocycles. The molecule has 1 saturated heterocycles. The van der Waals surface area contributed by atoms with Crippen LogP contribution in [0.5, 0.6) is 0 Å². The van der Waals surface area contributed by atoms with Crippen LogP contribution in [0.15, 0.2) is 24.3 Å². The molecule has 2 aromatic rings. The highest BCUT2D eigenvalue weighted by molar-refractivity contribution is 6.11. The number of carboxylic acids is 1. The summed E-state index contributed by atoms with van der Waals surface area (Å²) in [6.45, 7) is 9.15. The number of hydrogen-bond donors (Lipinski definition) is 3. The van der Waals surface area contributed by atoms with Crippen LogP contribution in [0, 0.1) is 11.8 Å². The van der Waals surface area contributed by atoms with Crippen molar-refractivity contribution in [3.05, 3.63) is 35.5 Å². The molecule has 3 heterocycles. The van der Waals surface area contributed by atoms with Gasteiger partial charge >= 0.3 is 12.0 Å². The van der Waals surface area contributed by atoms with Crippen LogP contribution in [0.4, 0.5) is 4.79 Å². The third-order valence-electron chi connectivity index (χ3n) is 7.45. The van der Waals surface area contributed by atoms with Gasteiger partial charge in [-0.05, 0) is 36.8 Å². The number of aromatic amines is 1. The normalized spacial score (nSPS) is 22.5. The van der Waals surface area contributed by atoms with E-state index in [1.54, 1.807) is 27.7 Å². The van der Waals surface area contributed by atoms with Gasteiger partial charge in [0.05, 0.1) is 5.69 Å². The zero-order chi connectivity index (χ0) is 24.9. The second kappa shape index (κ2) is 8.45. The first-order valence-electron chi connectivity index (χ1n) is 11.8. The topological polar surface area (TPSA) is 123 Å². The molecule has 3 N–H and O–H groups in total. The van der Waals surface area contributed by atoms with Crippen LogP contribution in [0.1, 0.15) is 52.3 Å². The third kappa shape index (κ3) is 3.36. The maximum Gasteiger partial charge on any atom is 0.328 e. The summed E-state index contributed by atoms with van der Waals surface area (Å²) < 4.78 is 0. The molecule has 0 spiro atoms. The number of rotatable bonds is 7. The van der Waals surface area contributed by atoms with E-state index >= 15 is 0 Å². The zero-order valence-corrected chi connectivity index (χ0v) is 20.2. The van der Waals surface area contributed by atoms with Crippen molar-refractivity contribution in [2.45, 2.75) is 65.1 Å². The maximum absolute atomic E-state index is 13.9. The number of fused-ring (bicyclic) bond motifs is 5. The third-order valence-corrected chi connectivity index (χ3v) is 7.45. The van der Waals surface area contributed by atoms with Gasteiger partial charge in [-0.3, -0.25) is 9.59 Å². The molecule has 1 unspecified atom stereocenters. The van der Waals surface area contributed by atoms with E-state index in [2.05, 4.69) is 10.3 Å². The molecule has 2 aliphatic rings. The lowest BCUT2D eigenvalue weighted by molar-refractivity contribution is -0.145. The Labute approximate surface area is 198 Å². The molecule has 9 heteroatoms. The average molecular weight is 469 g/mol. The largest absolute Gasteiger partial charge is 0.480 e. The quantitative estimate of drug-likeness (QED) is 0.539. The predicted molar refractivity (Wildman–Crippen MR) is 126 cm³/mol. The first kappa shape index (κ1) is 23.8. The lowest BCUT2D eigenvalue weighted by Crippen LogP contribution is -2.57. The number of imide groups is 1. The van der Waals surface area contributed by atoms with E-state index in [0.29, 0.717) is 25.1 Å². The van der Waals surface area contributed by atoms with Crippen molar-refractivity contribution < 1.29 is 24.3 Å². The molecule has 0 radical (unpaired) electrons. The number of benzene rings is 1. The second-order valence-electron chi connectivity index (χ2n) is 9.85. The average Bonchev–Trinajstić information content (AvgIpc) is 3.27. The predicted octanol–water partition coefficient (Wildman–Crippen LogP) is 2.84. The van der Waals surface area contributed by atoms with Gasteiger partial charge in [-0.1, -0.05) is 52.3 Å². The van der Waals surface area contributed by atoms with Gasteiger partial charge in [0.15, 0.2) is 5.54 Å². The van der Waals surface area contributed by atoms with Gasteiger partial charge in [-0.25, -0.2) is 14.5 Å². The van der Waals surface area contributed by atoms with Crippen molar-refractivity contribution in [3.8, 4) is 0 Å². The van der Waals surface area contributed by atoms with Crippen LogP contribution in [0.25, 0.3) is 10.9 Å².